The van der Waals surface area contributed by atoms with Gasteiger partial charge in [0, 0.05) is 18.8 Å². The van der Waals surface area contributed by atoms with Crippen LogP contribution in [0.3, 0.4) is 0 Å². The molecule has 0 rings (SSSR count). The van der Waals surface area contributed by atoms with Crippen LogP contribution in [0.25, 0.3) is 0 Å². The molecule has 0 spiro atoms. The van der Waals surface area contributed by atoms with Crippen LogP contribution in [0.1, 0.15) is 97.8 Å². The summed E-state index contributed by atoms with van der Waals surface area (Å²) >= 11 is 0. The first kappa shape index (κ1) is 22.9. The van der Waals surface area contributed by atoms with Crippen LogP contribution in [-0.4, -0.2) is 25.2 Å². The molecule has 0 radical (unpaired) electrons. The molecule has 0 atom stereocenters. The van der Waals surface area contributed by atoms with Crippen LogP contribution in [0.15, 0.2) is 0 Å². The van der Waals surface area contributed by atoms with Crippen molar-refractivity contribution in [2.24, 2.45) is 5.92 Å². The lowest BCUT2D eigenvalue weighted by Crippen LogP contribution is -2.21. The molecule has 0 saturated carbocycles. The van der Waals surface area contributed by atoms with E-state index in [0.717, 1.165) is 64.2 Å². The second kappa shape index (κ2) is 16.8. The number of esters is 2. The number of rotatable bonds is 16. The third-order valence-corrected chi connectivity index (χ3v) is 4.14. The molecule has 0 bridgehead atoms. The van der Waals surface area contributed by atoms with Crippen molar-refractivity contribution in [2.45, 2.75) is 97.8 Å². The van der Waals surface area contributed by atoms with E-state index in [9.17, 15) is 9.59 Å². The second-order valence-corrected chi connectivity index (χ2v) is 6.64. The molecule has 0 aromatic rings. The zero-order valence-electron chi connectivity index (χ0n) is 16.1. The maximum absolute atomic E-state index is 11.7. The first-order valence-corrected chi connectivity index (χ1v) is 9.95. The lowest BCUT2D eigenvalue weighted by Gasteiger charge is -2.17. The molecule has 0 unspecified atom stereocenters. The fourth-order valence-electron chi connectivity index (χ4n) is 2.50. The fraction of sp³-hybridized carbons (Fsp3) is 0.900. The lowest BCUT2D eigenvalue weighted by molar-refractivity contribution is -0.149. The topological polar surface area (TPSA) is 52.6 Å². The van der Waals surface area contributed by atoms with Gasteiger partial charge < -0.3 is 9.47 Å². The minimum absolute atomic E-state index is 0.127. The van der Waals surface area contributed by atoms with Crippen LogP contribution in [0.5, 0.6) is 0 Å². The number of hydrogen-bond acceptors (Lipinski definition) is 4. The lowest BCUT2D eigenvalue weighted by atomic mass is 10.0. The number of carbonyl (C=O) groups excluding carboxylic acids is 2. The van der Waals surface area contributed by atoms with Gasteiger partial charge in [-0.15, -0.1) is 0 Å². The first-order valence-electron chi connectivity index (χ1n) is 9.95. The van der Waals surface area contributed by atoms with Gasteiger partial charge in [0.05, 0.1) is 13.2 Å². The van der Waals surface area contributed by atoms with Crippen LogP contribution in [0.4, 0.5) is 0 Å². The van der Waals surface area contributed by atoms with Crippen molar-refractivity contribution in [2.75, 3.05) is 13.2 Å². The van der Waals surface area contributed by atoms with Crippen molar-refractivity contribution < 1.29 is 19.1 Å². The van der Waals surface area contributed by atoms with E-state index < -0.39 is 0 Å². The Hall–Kier alpha value is -1.06. The number of carbonyl (C=O) groups is 2. The number of ether oxygens (including phenoxy) is 2. The monoisotopic (exact) mass is 342 g/mol. The molecule has 0 amide bonds. The van der Waals surface area contributed by atoms with E-state index in [2.05, 4.69) is 20.8 Å². The third kappa shape index (κ3) is 14.5. The van der Waals surface area contributed by atoms with Gasteiger partial charge in [0.1, 0.15) is 0 Å². The average molecular weight is 343 g/mol. The van der Waals surface area contributed by atoms with Gasteiger partial charge in [-0.1, -0.05) is 65.7 Å². The molecule has 0 heterocycles. The summed E-state index contributed by atoms with van der Waals surface area (Å²) in [5.41, 5.74) is 0. The second-order valence-electron chi connectivity index (χ2n) is 6.64. The molecule has 4 heteroatoms. The van der Waals surface area contributed by atoms with E-state index in [4.69, 9.17) is 9.47 Å². The summed E-state index contributed by atoms with van der Waals surface area (Å²) in [5.74, 6) is -0.127. The van der Waals surface area contributed by atoms with Crippen LogP contribution in [-0.2, 0) is 19.1 Å². The highest BCUT2D eigenvalue weighted by atomic mass is 16.5. The molecule has 4 nitrogen and oxygen atoms in total. The Morgan fingerprint density at radius 2 is 1.08 bits per heavy atom. The maximum atomic E-state index is 11.7. The Kier molecular flexibility index (Phi) is 16.0. The van der Waals surface area contributed by atoms with Crippen molar-refractivity contribution >= 4 is 11.9 Å². The van der Waals surface area contributed by atoms with Gasteiger partial charge in [0.15, 0.2) is 0 Å². The van der Waals surface area contributed by atoms with Crippen molar-refractivity contribution in [1.82, 2.24) is 0 Å². The van der Waals surface area contributed by atoms with E-state index in [1.54, 1.807) is 0 Å². The molecule has 0 aromatic heterocycles. The normalized spacial score (nSPS) is 10.8. The predicted molar refractivity (Wildman–Crippen MR) is 97.8 cm³/mol. The van der Waals surface area contributed by atoms with E-state index in [0.29, 0.717) is 26.1 Å². The van der Waals surface area contributed by atoms with Gasteiger partial charge in [0.25, 0.3) is 0 Å². The third-order valence-electron chi connectivity index (χ3n) is 4.14. The molecule has 0 saturated heterocycles. The predicted octanol–water partition coefficient (Wildman–Crippen LogP) is 5.43. The summed E-state index contributed by atoms with van der Waals surface area (Å²) < 4.78 is 10.8. The molecule has 0 aliphatic heterocycles. The highest BCUT2D eigenvalue weighted by molar-refractivity contribution is 5.69. The maximum Gasteiger partial charge on any atom is 0.305 e. The van der Waals surface area contributed by atoms with E-state index in [-0.39, 0.29) is 17.9 Å². The number of hydrogen-bond donors (Lipinski definition) is 0. The number of unbranched alkanes of at least 4 members (excludes halogenated alkanes) is 6. The molecule has 0 N–H and O–H groups in total. The summed E-state index contributed by atoms with van der Waals surface area (Å²) in [6, 6.07) is 0. The molecule has 142 valence electrons. The summed E-state index contributed by atoms with van der Waals surface area (Å²) in [7, 11) is 0. The standard InChI is InChI=1S/C20H38O4/c1-4-7-10-13-18(16-23-19(21)14-11-8-5-2)17-24-20(22)15-12-9-6-3/h18H,4-17H2,1-3H3. The Bertz CT molecular complexity index is 289. The Labute approximate surface area is 148 Å². The first-order chi connectivity index (χ1) is 11.6. The van der Waals surface area contributed by atoms with E-state index in [1.807, 2.05) is 0 Å². The average Bonchev–Trinajstić information content (AvgIpc) is 2.57. The zero-order valence-corrected chi connectivity index (χ0v) is 16.1. The summed E-state index contributed by atoms with van der Waals surface area (Å²) in [6.07, 6.45) is 11.4. The van der Waals surface area contributed by atoms with Gasteiger partial charge in [-0.2, -0.15) is 0 Å². The van der Waals surface area contributed by atoms with Crippen molar-refractivity contribution in [3.05, 3.63) is 0 Å². The van der Waals surface area contributed by atoms with Gasteiger partial charge in [-0.05, 0) is 19.3 Å². The van der Waals surface area contributed by atoms with E-state index in [1.165, 1.54) is 0 Å². The fourth-order valence-corrected chi connectivity index (χ4v) is 2.50. The zero-order chi connectivity index (χ0) is 18.0. The van der Waals surface area contributed by atoms with Crippen LogP contribution in [0, 0.1) is 5.92 Å². The highest BCUT2D eigenvalue weighted by Gasteiger charge is 2.14. The van der Waals surface area contributed by atoms with Crippen molar-refractivity contribution in [3.8, 4) is 0 Å². The summed E-state index contributed by atoms with van der Waals surface area (Å²) in [4.78, 5) is 23.5. The molecule has 0 fully saturated rings. The van der Waals surface area contributed by atoms with Crippen LogP contribution in [0.2, 0.25) is 0 Å². The smallest absolute Gasteiger partial charge is 0.305 e. The minimum atomic E-state index is -0.127. The Morgan fingerprint density at radius 1 is 0.667 bits per heavy atom. The molecule has 0 aromatic carbocycles. The van der Waals surface area contributed by atoms with Crippen molar-refractivity contribution in [3.63, 3.8) is 0 Å². The van der Waals surface area contributed by atoms with E-state index >= 15 is 0 Å². The highest BCUT2D eigenvalue weighted by Crippen LogP contribution is 2.13. The van der Waals surface area contributed by atoms with Crippen LogP contribution < -0.4 is 0 Å². The summed E-state index contributed by atoms with van der Waals surface area (Å²) in [6.45, 7) is 7.14. The SMILES string of the molecule is CCCCCC(=O)OCC(CCCCC)COC(=O)CCCCC. The van der Waals surface area contributed by atoms with Crippen molar-refractivity contribution in [1.29, 1.82) is 0 Å². The quantitative estimate of drug-likeness (QED) is 0.277. The molecular formula is C20H38O4. The molecular weight excluding hydrogens is 304 g/mol. The van der Waals surface area contributed by atoms with Gasteiger partial charge in [-0.25, -0.2) is 0 Å². The van der Waals surface area contributed by atoms with Gasteiger partial charge in [-0.3, -0.25) is 9.59 Å². The Morgan fingerprint density at radius 3 is 1.50 bits per heavy atom. The molecule has 0 aliphatic carbocycles. The van der Waals surface area contributed by atoms with Gasteiger partial charge >= 0.3 is 11.9 Å². The summed E-state index contributed by atoms with van der Waals surface area (Å²) in [5, 5.41) is 0. The largest absolute Gasteiger partial charge is 0.465 e. The molecule has 0 aliphatic rings. The minimum Gasteiger partial charge on any atom is -0.465 e. The molecule has 24 heavy (non-hydrogen) atoms. The van der Waals surface area contributed by atoms with Crippen LogP contribution >= 0.6 is 0 Å². The van der Waals surface area contributed by atoms with Gasteiger partial charge in [0.2, 0.25) is 0 Å². The Balaban J connectivity index is 4.07.